The Morgan fingerprint density at radius 2 is 1.86 bits per heavy atom. The van der Waals surface area contributed by atoms with Crippen molar-refractivity contribution in [2.75, 3.05) is 32.7 Å². The van der Waals surface area contributed by atoms with Gasteiger partial charge in [0, 0.05) is 54.9 Å². The molecule has 4 N–H and O–H groups in total. The molecule has 1 aromatic heterocycles. The molecule has 230 valence electrons. The summed E-state index contributed by atoms with van der Waals surface area (Å²) in [6, 6.07) is 7.78. The van der Waals surface area contributed by atoms with Gasteiger partial charge >= 0.3 is 0 Å². The molecule has 2 aliphatic heterocycles. The molecule has 3 amide bonds. The Morgan fingerprint density at radius 1 is 1.12 bits per heavy atom. The normalized spacial score (nSPS) is 20.0. The van der Waals surface area contributed by atoms with E-state index < -0.39 is 6.04 Å². The van der Waals surface area contributed by atoms with Crippen LogP contribution < -0.4 is 11.1 Å². The SMILES string of the molecule is CCN(CC)[C@@H](C)CC(=O)N[C@H]1CCCN(CC(=O)N2CCC[C@H]2CCc2cc3ccc(C(=N)N)cc3n2CC)C1=O. The highest BCUT2D eigenvalue weighted by atomic mass is 16.2. The number of fused-ring (bicyclic) bond motifs is 1. The number of carbonyl (C=O) groups excluding carboxylic acids is 3. The Bertz CT molecular complexity index is 1280. The topological polar surface area (TPSA) is 128 Å². The number of benzene rings is 1. The highest BCUT2D eigenvalue weighted by Crippen LogP contribution is 2.27. The van der Waals surface area contributed by atoms with Crippen LogP contribution in [0, 0.1) is 5.41 Å². The van der Waals surface area contributed by atoms with Gasteiger partial charge in [0.05, 0.1) is 6.54 Å². The van der Waals surface area contributed by atoms with E-state index in [1.165, 1.54) is 5.69 Å². The third-order valence-electron chi connectivity index (χ3n) is 9.16. The van der Waals surface area contributed by atoms with Gasteiger partial charge in [-0.1, -0.05) is 26.0 Å². The molecule has 2 aliphatic rings. The number of aromatic nitrogens is 1. The minimum atomic E-state index is -0.559. The summed E-state index contributed by atoms with van der Waals surface area (Å²) >= 11 is 0. The summed E-state index contributed by atoms with van der Waals surface area (Å²) in [7, 11) is 0. The van der Waals surface area contributed by atoms with E-state index in [1.54, 1.807) is 4.90 Å². The van der Waals surface area contributed by atoms with Crippen molar-refractivity contribution in [2.45, 2.75) is 97.3 Å². The number of amides is 3. The van der Waals surface area contributed by atoms with E-state index in [2.05, 4.69) is 41.6 Å². The fourth-order valence-electron chi connectivity index (χ4n) is 6.82. The molecule has 2 fully saturated rings. The van der Waals surface area contributed by atoms with E-state index in [1.807, 2.05) is 30.0 Å². The Hall–Kier alpha value is -3.40. The van der Waals surface area contributed by atoms with Crippen LogP contribution >= 0.6 is 0 Å². The summed E-state index contributed by atoms with van der Waals surface area (Å²) in [4.78, 5) is 45.3. The van der Waals surface area contributed by atoms with Gasteiger partial charge in [-0.3, -0.25) is 19.8 Å². The van der Waals surface area contributed by atoms with E-state index in [-0.39, 0.29) is 42.2 Å². The first-order chi connectivity index (χ1) is 20.2. The lowest BCUT2D eigenvalue weighted by atomic mass is 10.0. The molecule has 2 aromatic rings. The van der Waals surface area contributed by atoms with Gasteiger partial charge in [-0.05, 0) is 83.0 Å². The standard InChI is InChI=1S/C32H49N7O3/c1-5-36(6-2)22(4)18-29(40)35-27-11-9-16-37(32(27)42)21-30(41)39-17-8-10-25(39)14-15-26-19-23-12-13-24(31(33)34)20-28(23)38(26)7-3/h12-13,19-20,22,25,27H,5-11,14-18,21H2,1-4H3,(H3,33,34)(H,35,40)/t22-,25-,27-/m0/s1. The molecule has 10 heteroatoms. The molecule has 0 unspecified atom stereocenters. The molecule has 4 rings (SSSR count). The Balaban J connectivity index is 1.34. The number of hydrogen-bond acceptors (Lipinski definition) is 5. The summed E-state index contributed by atoms with van der Waals surface area (Å²) in [6.45, 7) is 12.2. The van der Waals surface area contributed by atoms with Crippen LogP contribution in [0.15, 0.2) is 24.3 Å². The number of nitrogen functional groups attached to an aromatic ring is 1. The third kappa shape index (κ3) is 7.14. The Labute approximate surface area is 250 Å². The van der Waals surface area contributed by atoms with E-state index in [4.69, 9.17) is 11.1 Å². The molecule has 3 atom stereocenters. The predicted octanol–water partition coefficient (Wildman–Crippen LogP) is 3.10. The van der Waals surface area contributed by atoms with Crippen LogP contribution in [-0.2, 0) is 27.3 Å². The van der Waals surface area contributed by atoms with Crippen molar-refractivity contribution in [1.29, 1.82) is 5.41 Å². The van der Waals surface area contributed by atoms with E-state index in [0.717, 1.165) is 68.2 Å². The third-order valence-corrected chi connectivity index (χ3v) is 9.16. The molecule has 2 saturated heterocycles. The van der Waals surface area contributed by atoms with Gasteiger partial charge < -0.3 is 30.3 Å². The Morgan fingerprint density at radius 3 is 2.55 bits per heavy atom. The molecule has 42 heavy (non-hydrogen) atoms. The van der Waals surface area contributed by atoms with E-state index >= 15 is 0 Å². The maximum Gasteiger partial charge on any atom is 0.245 e. The highest BCUT2D eigenvalue weighted by Gasteiger charge is 2.35. The zero-order chi connectivity index (χ0) is 30.4. The maximum absolute atomic E-state index is 13.5. The van der Waals surface area contributed by atoms with Crippen LogP contribution in [0.1, 0.15) is 77.5 Å². The zero-order valence-corrected chi connectivity index (χ0v) is 25.8. The molecule has 0 aliphatic carbocycles. The van der Waals surface area contributed by atoms with Crippen molar-refractivity contribution in [3.8, 4) is 0 Å². The number of nitrogens with zero attached hydrogens (tertiary/aromatic N) is 4. The number of nitrogens with one attached hydrogen (secondary N) is 2. The van der Waals surface area contributed by atoms with Gasteiger partial charge in [-0.15, -0.1) is 0 Å². The first kappa shape index (κ1) is 31.5. The molecule has 0 saturated carbocycles. The number of carbonyl (C=O) groups is 3. The number of hydrogen-bond donors (Lipinski definition) is 3. The fourth-order valence-corrected chi connectivity index (χ4v) is 6.82. The molecular formula is C32H49N7O3. The number of piperidine rings is 1. The average Bonchev–Trinajstić information content (AvgIpc) is 3.58. The second kappa shape index (κ2) is 14.2. The van der Waals surface area contributed by atoms with Gasteiger partial charge in [0.2, 0.25) is 17.7 Å². The first-order valence-electron chi connectivity index (χ1n) is 15.7. The molecule has 0 bridgehead atoms. The van der Waals surface area contributed by atoms with Crippen LogP contribution in [0.5, 0.6) is 0 Å². The summed E-state index contributed by atoms with van der Waals surface area (Å²) in [6.07, 6.45) is 5.37. The Kier molecular flexibility index (Phi) is 10.6. The summed E-state index contributed by atoms with van der Waals surface area (Å²) < 4.78 is 2.27. The van der Waals surface area contributed by atoms with Crippen LogP contribution in [0.4, 0.5) is 0 Å². The number of aryl methyl sites for hydroxylation is 2. The fraction of sp³-hybridized carbons (Fsp3) is 0.625. The number of nitrogens with two attached hydrogens (primary N) is 1. The van der Waals surface area contributed by atoms with Crippen LogP contribution in [0.25, 0.3) is 10.9 Å². The van der Waals surface area contributed by atoms with Gasteiger partial charge in [-0.25, -0.2) is 0 Å². The summed E-state index contributed by atoms with van der Waals surface area (Å²) in [5.41, 5.74) is 8.73. The highest BCUT2D eigenvalue weighted by molar-refractivity contribution is 5.98. The molecule has 0 radical (unpaired) electrons. The van der Waals surface area contributed by atoms with Crippen LogP contribution in [0.3, 0.4) is 0 Å². The van der Waals surface area contributed by atoms with Crippen LogP contribution in [0.2, 0.25) is 0 Å². The zero-order valence-electron chi connectivity index (χ0n) is 25.8. The van der Waals surface area contributed by atoms with Gasteiger partial charge in [0.25, 0.3) is 0 Å². The number of amidine groups is 1. The lowest BCUT2D eigenvalue weighted by molar-refractivity contribution is -0.145. The predicted molar refractivity (Wildman–Crippen MR) is 166 cm³/mol. The van der Waals surface area contributed by atoms with Crippen molar-refractivity contribution < 1.29 is 14.4 Å². The van der Waals surface area contributed by atoms with Crippen molar-refractivity contribution in [1.82, 2.24) is 24.6 Å². The summed E-state index contributed by atoms with van der Waals surface area (Å²) in [5.74, 6) is -0.197. The average molecular weight is 580 g/mol. The minimum absolute atomic E-state index is 0.00452. The van der Waals surface area contributed by atoms with Gasteiger partial charge in [-0.2, -0.15) is 0 Å². The van der Waals surface area contributed by atoms with Crippen molar-refractivity contribution >= 4 is 34.5 Å². The molecule has 0 spiro atoms. The summed E-state index contributed by atoms with van der Waals surface area (Å²) in [5, 5.41) is 11.9. The molecule has 1 aromatic carbocycles. The lowest BCUT2D eigenvalue weighted by Gasteiger charge is -2.34. The number of rotatable bonds is 13. The van der Waals surface area contributed by atoms with E-state index in [0.29, 0.717) is 25.9 Å². The number of likely N-dealkylation sites (tertiary alicyclic amines) is 2. The monoisotopic (exact) mass is 579 g/mol. The first-order valence-corrected chi connectivity index (χ1v) is 15.7. The maximum atomic E-state index is 13.5. The molecular weight excluding hydrogens is 530 g/mol. The van der Waals surface area contributed by atoms with Crippen molar-refractivity contribution in [3.05, 3.63) is 35.5 Å². The lowest BCUT2D eigenvalue weighted by Crippen LogP contribution is -2.55. The van der Waals surface area contributed by atoms with E-state index in [9.17, 15) is 14.4 Å². The van der Waals surface area contributed by atoms with Gasteiger partial charge in [0.15, 0.2) is 0 Å². The quantitative estimate of drug-likeness (QED) is 0.248. The van der Waals surface area contributed by atoms with Crippen molar-refractivity contribution in [2.24, 2.45) is 5.73 Å². The largest absolute Gasteiger partial charge is 0.384 e. The second-order valence-electron chi connectivity index (χ2n) is 11.8. The molecule has 3 heterocycles. The second-order valence-corrected chi connectivity index (χ2v) is 11.8. The van der Waals surface area contributed by atoms with Crippen molar-refractivity contribution in [3.63, 3.8) is 0 Å². The van der Waals surface area contributed by atoms with Gasteiger partial charge in [0.1, 0.15) is 11.9 Å². The molecule has 10 nitrogen and oxygen atoms in total. The van der Waals surface area contributed by atoms with Crippen LogP contribution in [-0.4, -0.2) is 93.7 Å². The smallest absolute Gasteiger partial charge is 0.245 e. The minimum Gasteiger partial charge on any atom is -0.384 e.